The lowest BCUT2D eigenvalue weighted by atomic mass is 10.1. The molecule has 2 amide bonds. The molecule has 19 heavy (non-hydrogen) atoms. The minimum absolute atomic E-state index is 0.0377. The lowest BCUT2D eigenvalue weighted by Gasteiger charge is -2.24. The van der Waals surface area contributed by atoms with Crippen LogP contribution >= 0.6 is 0 Å². The van der Waals surface area contributed by atoms with Gasteiger partial charge in [0.2, 0.25) is 5.91 Å². The number of nitrogens with two attached hydrogens (primary N) is 1. The fourth-order valence-corrected chi connectivity index (χ4v) is 2.03. The molecule has 0 heterocycles. The normalized spacial score (nSPS) is 10.3. The summed E-state index contributed by atoms with van der Waals surface area (Å²) < 4.78 is 0. The summed E-state index contributed by atoms with van der Waals surface area (Å²) in [4.78, 5) is 25.4. The molecule has 0 fully saturated rings. The van der Waals surface area contributed by atoms with Crippen molar-refractivity contribution >= 4 is 17.5 Å². The third kappa shape index (κ3) is 3.81. The molecule has 104 valence electrons. The van der Waals surface area contributed by atoms with Crippen LogP contribution < -0.4 is 10.6 Å². The van der Waals surface area contributed by atoms with Gasteiger partial charge >= 0.3 is 0 Å². The molecule has 1 aromatic carbocycles. The van der Waals surface area contributed by atoms with Gasteiger partial charge in [0.15, 0.2) is 0 Å². The van der Waals surface area contributed by atoms with Gasteiger partial charge in [0.05, 0.1) is 11.3 Å². The van der Waals surface area contributed by atoms with Crippen LogP contribution in [0.25, 0.3) is 0 Å². The predicted octanol–water partition coefficient (Wildman–Crippen LogP) is 2.64. The molecular weight excluding hydrogens is 240 g/mol. The zero-order valence-electron chi connectivity index (χ0n) is 11.9. The molecule has 0 saturated carbocycles. The van der Waals surface area contributed by atoms with Crippen LogP contribution in [0.2, 0.25) is 0 Å². The molecule has 4 nitrogen and oxygen atoms in total. The van der Waals surface area contributed by atoms with Crippen LogP contribution in [0.4, 0.5) is 5.69 Å². The Labute approximate surface area is 114 Å². The summed E-state index contributed by atoms with van der Waals surface area (Å²) >= 11 is 0. The lowest BCUT2D eigenvalue weighted by Crippen LogP contribution is -2.33. The first-order valence-electron chi connectivity index (χ1n) is 6.72. The van der Waals surface area contributed by atoms with Gasteiger partial charge in [-0.3, -0.25) is 9.59 Å². The van der Waals surface area contributed by atoms with E-state index in [0.29, 0.717) is 24.2 Å². The molecule has 0 aromatic heterocycles. The van der Waals surface area contributed by atoms with Gasteiger partial charge in [-0.2, -0.15) is 0 Å². The molecule has 4 heteroatoms. The Balaban J connectivity index is 3.21. The quantitative estimate of drug-likeness (QED) is 0.856. The summed E-state index contributed by atoms with van der Waals surface area (Å²) in [5.74, 6) is -0.459. The maximum absolute atomic E-state index is 12.2. The van der Waals surface area contributed by atoms with Crippen LogP contribution in [0.15, 0.2) is 18.2 Å². The number of rotatable bonds is 6. The van der Waals surface area contributed by atoms with Gasteiger partial charge in [0.1, 0.15) is 0 Å². The highest BCUT2D eigenvalue weighted by atomic mass is 16.2. The molecule has 2 N–H and O–H groups in total. The van der Waals surface area contributed by atoms with E-state index in [-0.39, 0.29) is 5.91 Å². The average molecular weight is 262 g/mol. The van der Waals surface area contributed by atoms with Gasteiger partial charge in [-0.15, -0.1) is 0 Å². The predicted molar refractivity (Wildman–Crippen MR) is 77.2 cm³/mol. The van der Waals surface area contributed by atoms with Crippen molar-refractivity contribution in [3.63, 3.8) is 0 Å². The van der Waals surface area contributed by atoms with Gasteiger partial charge < -0.3 is 10.6 Å². The lowest BCUT2D eigenvalue weighted by molar-refractivity contribution is -0.118. The monoisotopic (exact) mass is 262 g/mol. The van der Waals surface area contributed by atoms with Crippen molar-refractivity contribution in [1.82, 2.24) is 0 Å². The van der Waals surface area contributed by atoms with Crippen LogP contribution in [0.3, 0.4) is 0 Å². The highest BCUT2D eigenvalue weighted by Crippen LogP contribution is 2.23. The van der Waals surface area contributed by atoms with Crippen molar-refractivity contribution in [1.29, 1.82) is 0 Å². The van der Waals surface area contributed by atoms with Crippen molar-refractivity contribution in [2.75, 3.05) is 11.4 Å². The molecule has 0 unspecified atom stereocenters. The highest BCUT2D eigenvalue weighted by molar-refractivity contribution is 6.04. The highest BCUT2D eigenvalue weighted by Gasteiger charge is 2.19. The minimum Gasteiger partial charge on any atom is -0.366 e. The summed E-state index contributed by atoms with van der Waals surface area (Å²) in [5, 5.41) is 0. The zero-order valence-corrected chi connectivity index (χ0v) is 11.9. The van der Waals surface area contributed by atoms with E-state index in [1.807, 2.05) is 26.8 Å². The molecular formula is C15H22N2O2. The molecule has 0 aliphatic heterocycles. The minimum atomic E-state index is -0.496. The van der Waals surface area contributed by atoms with Crippen molar-refractivity contribution in [3.05, 3.63) is 29.3 Å². The Bertz CT molecular complexity index is 469. The molecule has 0 saturated heterocycles. The average Bonchev–Trinajstić information content (AvgIpc) is 2.36. The number of benzene rings is 1. The smallest absolute Gasteiger partial charge is 0.250 e. The topological polar surface area (TPSA) is 63.4 Å². The number of primary amides is 1. The van der Waals surface area contributed by atoms with Crippen molar-refractivity contribution < 1.29 is 9.59 Å². The van der Waals surface area contributed by atoms with Gasteiger partial charge in [-0.1, -0.05) is 25.5 Å². The number of amides is 2. The number of carbonyl (C=O) groups is 2. The van der Waals surface area contributed by atoms with E-state index in [4.69, 9.17) is 5.73 Å². The Morgan fingerprint density at radius 3 is 2.42 bits per heavy atom. The van der Waals surface area contributed by atoms with E-state index in [9.17, 15) is 9.59 Å². The van der Waals surface area contributed by atoms with E-state index in [0.717, 1.165) is 18.4 Å². The first-order valence-corrected chi connectivity index (χ1v) is 6.72. The van der Waals surface area contributed by atoms with Gasteiger partial charge in [0, 0.05) is 13.0 Å². The Morgan fingerprint density at radius 2 is 1.89 bits per heavy atom. The molecule has 0 spiro atoms. The van der Waals surface area contributed by atoms with E-state index in [2.05, 4.69) is 0 Å². The second-order valence-electron chi connectivity index (χ2n) is 4.68. The van der Waals surface area contributed by atoms with E-state index >= 15 is 0 Å². The van der Waals surface area contributed by atoms with E-state index in [1.54, 1.807) is 17.0 Å². The Hall–Kier alpha value is -1.84. The number of anilines is 1. The van der Waals surface area contributed by atoms with E-state index < -0.39 is 5.91 Å². The second kappa shape index (κ2) is 6.92. The summed E-state index contributed by atoms with van der Waals surface area (Å²) in [6, 6.07) is 5.43. The number of hydrogen-bond donors (Lipinski definition) is 1. The second-order valence-corrected chi connectivity index (χ2v) is 4.68. The third-order valence-corrected chi connectivity index (χ3v) is 2.92. The summed E-state index contributed by atoms with van der Waals surface area (Å²) in [7, 11) is 0. The summed E-state index contributed by atoms with van der Waals surface area (Å²) in [6.45, 7) is 6.47. The third-order valence-electron chi connectivity index (χ3n) is 2.92. The number of carbonyl (C=O) groups excluding carboxylic acids is 2. The largest absolute Gasteiger partial charge is 0.366 e. The molecule has 0 radical (unpaired) electrons. The maximum atomic E-state index is 12.2. The van der Waals surface area contributed by atoms with Crippen LogP contribution in [0, 0.1) is 6.92 Å². The van der Waals surface area contributed by atoms with Crippen LogP contribution in [0.5, 0.6) is 0 Å². The van der Waals surface area contributed by atoms with Crippen LogP contribution in [-0.2, 0) is 4.79 Å². The Kier molecular flexibility index (Phi) is 5.55. The molecule has 0 aliphatic rings. The zero-order chi connectivity index (χ0) is 14.4. The van der Waals surface area contributed by atoms with Crippen molar-refractivity contribution in [3.8, 4) is 0 Å². The first kappa shape index (κ1) is 15.2. The van der Waals surface area contributed by atoms with Crippen LogP contribution in [0.1, 0.15) is 49.0 Å². The summed E-state index contributed by atoms with van der Waals surface area (Å²) in [5.41, 5.74) is 7.41. The van der Waals surface area contributed by atoms with Crippen LogP contribution in [-0.4, -0.2) is 18.4 Å². The first-order chi connectivity index (χ1) is 9.01. The van der Waals surface area contributed by atoms with Gasteiger partial charge in [-0.05, 0) is 31.9 Å². The summed E-state index contributed by atoms with van der Waals surface area (Å²) in [6.07, 6.45) is 2.10. The van der Waals surface area contributed by atoms with E-state index in [1.165, 1.54) is 0 Å². The number of aryl methyl sites for hydroxylation is 1. The molecule has 0 atom stereocenters. The molecule has 0 aliphatic carbocycles. The fourth-order valence-electron chi connectivity index (χ4n) is 2.03. The fraction of sp³-hybridized carbons (Fsp3) is 0.467. The van der Waals surface area contributed by atoms with Gasteiger partial charge in [-0.25, -0.2) is 0 Å². The van der Waals surface area contributed by atoms with Crippen molar-refractivity contribution in [2.24, 2.45) is 5.73 Å². The number of nitrogens with zero attached hydrogens (tertiary/aromatic N) is 1. The van der Waals surface area contributed by atoms with Gasteiger partial charge in [0.25, 0.3) is 5.91 Å². The Morgan fingerprint density at radius 1 is 1.21 bits per heavy atom. The standard InChI is InChI=1S/C15H22N2O2/c1-4-6-14(18)17(9-5-2)13-8-7-11(3)10-12(13)15(16)19/h7-8,10H,4-6,9H2,1-3H3,(H2,16,19). The maximum Gasteiger partial charge on any atom is 0.250 e. The molecule has 1 aromatic rings. The molecule has 1 rings (SSSR count). The SMILES string of the molecule is CCCC(=O)N(CCC)c1ccc(C)cc1C(N)=O. The molecule has 0 bridgehead atoms. The number of hydrogen-bond acceptors (Lipinski definition) is 2. The van der Waals surface area contributed by atoms with Crippen molar-refractivity contribution in [2.45, 2.75) is 40.0 Å².